The molecular weight excluding hydrogens is 304 g/mol. The molecule has 0 spiro atoms. The number of nitrogens with one attached hydrogen (secondary N) is 2. The summed E-state index contributed by atoms with van der Waals surface area (Å²) in [6.45, 7) is 4.53. The highest BCUT2D eigenvalue weighted by atomic mass is 79.9. The number of anilines is 1. The Morgan fingerprint density at radius 3 is 2.88 bits per heavy atom. The molecule has 0 saturated carbocycles. The Morgan fingerprint density at radius 1 is 1.53 bits per heavy atom. The van der Waals surface area contributed by atoms with Gasteiger partial charge in [0.05, 0.1) is 15.2 Å². The molecule has 1 unspecified atom stereocenters. The minimum atomic E-state index is -0.295. The lowest BCUT2D eigenvalue weighted by Crippen LogP contribution is -2.37. The van der Waals surface area contributed by atoms with Crippen LogP contribution in [0.3, 0.4) is 0 Å². The van der Waals surface area contributed by atoms with E-state index in [9.17, 15) is 4.79 Å². The standard InChI is InChI=1S/C12H16BrClN2O/c1-3-7-15-12(17)8(2)16-10-6-4-5-9(14)11(10)13/h4-6,8,16H,3,7H2,1-2H3,(H,15,17). The molecular formula is C12H16BrClN2O. The predicted molar refractivity (Wildman–Crippen MR) is 75.5 cm³/mol. The van der Waals surface area contributed by atoms with Gasteiger partial charge >= 0.3 is 0 Å². The van der Waals surface area contributed by atoms with Crippen LogP contribution in [-0.2, 0) is 4.79 Å². The predicted octanol–water partition coefficient (Wildman–Crippen LogP) is 3.43. The van der Waals surface area contributed by atoms with Gasteiger partial charge in [0.15, 0.2) is 0 Å². The second-order valence-corrected chi connectivity index (χ2v) is 4.96. The van der Waals surface area contributed by atoms with Crippen LogP contribution in [-0.4, -0.2) is 18.5 Å². The first kappa shape index (κ1) is 14.3. The third-order valence-electron chi connectivity index (χ3n) is 2.27. The van der Waals surface area contributed by atoms with Gasteiger partial charge in [0, 0.05) is 6.54 Å². The van der Waals surface area contributed by atoms with Crippen LogP contribution < -0.4 is 10.6 Å². The molecule has 17 heavy (non-hydrogen) atoms. The lowest BCUT2D eigenvalue weighted by molar-refractivity contribution is -0.121. The third-order valence-corrected chi connectivity index (χ3v) is 3.66. The molecule has 0 aliphatic carbocycles. The highest BCUT2D eigenvalue weighted by molar-refractivity contribution is 9.10. The van der Waals surface area contributed by atoms with Gasteiger partial charge in [-0.3, -0.25) is 4.79 Å². The first-order valence-electron chi connectivity index (χ1n) is 5.54. The Balaban J connectivity index is 2.64. The smallest absolute Gasteiger partial charge is 0.242 e. The summed E-state index contributed by atoms with van der Waals surface area (Å²) in [7, 11) is 0. The molecule has 1 aromatic rings. The summed E-state index contributed by atoms with van der Waals surface area (Å²) >= 11 is 9.36. The number of carbonyl (C=O) groups is 1. The summed E-state index contributed by atoms with van der Waals surface area (Å²) in [5, 5.41) is 6.57. The summed E-state index contributed by atoms with van der Waals surface area (Å²) in [6.07, 6.45) is 0.930. The van der Waals surface area contributed by atoms with Crippen LogP contribution in [0.5, 0.6) is 0 Å². The number of rotatable bonds is 5. The summed E-state index contributed by atoms with van der Waals surface area (Å²) in [6, 6.07) is 5.21. The average Bonchev–Trinajstić information content (AvgIpc) is 2.31. The molecule has 1 rings (SSSR count). The normalized spacial score (nSPS) is 12.0. The molecule has 0 aliphatic heterocycles. The molecule has 2 N–H and O–H groups in total. The largest absolute Gasteiger partial charge is 0.373 e. The van der Waals surface area contributed by atoms with Crippen molar-refractivity contribution in [1.82, 2.24) is 5.32 Å². The van der Waals surface area contributed by atoms with Crippen molar-refractivity contribution in [3.05, 3.63) is 27.7 Å². The number of halogens is 2. The number of carbonyl (C=O) groups excluding carboxylic acids is 1. The van der Waals surface area contributed by atoms with Gasteiger partial charge in [-0.25, -0.2) is 0 Å². The van der Waals surface area contributed by atoms with E-state index in [2.05, 4.69) is 26.6 Å². The van der Waals surface area contributed by atoms with Crippen LogP contribution in [0.4, 0.5) is 5.69 Å². The van der Waals surface area contributed by atoms with E-state index in [-0.39, 0.29) is 11.9 Å². The van der Waals surface area contributed by atoms with Crippen molar-refractivity contribution in [3.63, 3.8) is 0 Å². The van der Waals surface area contributed by atoms with Crippen LogP contribution in [0, 0.1) is 0 Å². The molecule has 1 atom stereocenters. The fourth-order valence-electron chi connectivity index (χ4n) is 1.32. The van der Waals surface area contributed by atoms with Crippen molar-refractivity contribution in [2.45, 2.75) is 26.3 Å². The minimum absolute atomic E-state index is 0.0151. The molecule has 5 heteroatoms. The molecule has 0 fully saturated rings. The number of amides is 1. The van der Waals surface area contributed by atoms with E-state index in [4.69, 9.17) is 11.6 Å². The summed E-state index contributed by atoms with van der Waals surface area (Å²) in [5.41, 5.74) is 0.816. The Labute approximate surface area is 115 Å². The summed E-state index contributed by atoms with van der Waals surface area (Å²) in [5.74, 6) is -0.0151. The first-order valence-corrected chi connectivity index (χ1v) is 6.71. The van der Waals surface area contributed by atoms with E-state index in [1.165, 1.54) is 0 Å². The first-order chi connectivity index (χ1) is 8.06. The summed E-state index contributed by atoms with van der Waals surface area (Å²) < 4.78 is 0.775. The number of hydrogen-bond acceptors (Lipinski definition) is 2. The second-order valence-electron chi connectivity index (χ2n) is 3.76. The number of hydrogen-bond donors (Lipinski definition) is 2. The van der Waals surface area contributed by atoms with Crippen molar-refractivity contribution in [1.29, 1.82) is 0 Å². The maximum atomic E-state index is 11.7. The fraction of sp³-hybridized carbons (Fsp3) is 0.417. The van der Waals surface area contributed by atoms with Crippen LogP contribution in [0.2, 0.25) is 5.02 Å². The minimum Gasteiger partial charge on any atom is -0.373 e. The van der Waals surface area contributed by atoms with Gasteiger partial charge in [-0.1, -0.05) is 24.6 Å². The summed E-state index contributed by atoms with van der Waals surface area (Å²) in [4.78, 5) is 11.7. The molecule has 0 aliphatic rings. The van der Waals surface area contributed by atoms with E-state index in [0.717, 1.165) is 16.6 Å². The van der Waals surface area contributed by atoms with Crippen molar-refractivity contribution < 1.29 is 4.79 Å². The topological polar surface area (TPSA) is 41.1 Å². The molecule has 0 saturated heterocycles. The SMILES string of the molecule is CCCNC(=O)C(C)Nc1cccc(Cl)c1Br. The Morgan fingerprint density at radius 2 is 2.24 bits per heavy atom. The zero-order valence-corrected chi connectivity index (χ0v) is 12.2. The lowest BCUT2D eigenvalue weighted by Gasteiger charge is -2.16. The number of benzene rings is 1. The van der Waals surface area contributed by atoms with E-state index >= 15 is 0 Å². The molecule has 94 valence electrons. The molecule has 1 aromatic carbocycles. The molecule has 0 aromatic heterocycles. The Hall–Kier alpha value is -0.740. The van der Waals surface area contributed by atoms with E-state index in [1.807, 2.05) is 26.0 Å². The maximum Gasteiger partial charge on any atom is 0.242 e. The fourth-order valence-corrected chi connectivity index (χ4v) is 1.87. The molecule has 0 heterocycles. The highest BCUT2D eigenvalue weighted by Gasteiger charge is 2.13. The van der Waals surface area contributed by atoms with E-state index < -0.39 is 0 Å². The Bertz CT molecular complexity index is 398. The van der Waals surface area contributed by atoms with Gasteiger partial charge in [0.2, 0.25) is 5.91 Å². The average molecular weight is 320 g/mol. The van der Waals surface area contributed by atoms with Crippen molar-refractivity contribution >= 4 is 39.1 Å². The van der Waals surface area contributed by atoms with Crippen molar-refractivity contribution in [2.75, 3.05) is 11.9 Å². The molecule has 1 amide bonds. The zero-order valence-electron chi connectivity index (χ0n) is 9.89. The van der Waals surface area contributed by atoms with Gasteiger partial charge in [-0.05, 0) is 41.4 Å². The van der Waals surface area contributed by atoms with Gasteiger partial charge in [-0.2, -0.15) is 0 Å². The van der Waals surface area contributed by atoms with Gasteiger partial charge in [-0.15, -0.1) is 0 Å². The highest BCUT2D eigenvalue weighted by Crippen LogP contribution is 2.30. The van der Waals surface area contributed by atoms with Gasteiger partial charge < -0.3 is 10.6 Å². The van der Waals surface area contributed by atoms with Gasteiger partial charge in [0.1, 0.15) is 6.04 Å². The van der Waals surface area contributed by atoms with Crippen LogP contribution in [0.1, 0.15) is 20.3 Å². The molecule has 3 nitrogen and oxygen atoms in total. The van der Waals surface area contributed by atoms with E-state index in [1.54, 1.807) is 6.07 Å². The molecule has 0 radical (unpaired) electrons. The zero-order chi connectivity index (χ0) is 12.8. The van der Waals surface area contributed by atoms with E-state index in [0.29, 0.717) is 11.6 Å². The monoisotopic (exact) mass is 318 g/mol. The van der Waals surface area contributed by atoms with Gasteiger partial charge in [0.25, 0.3) is 0 Å². The maximum absolute atomic E-state index is 11.7. The second kappa shape index (κ2) is 6.87. The van der Waals surface area contributed by atoms with Crippen LogP contribution >= 0.6 is 27.5 Å². The van der Waals surface area contributed by atoms with Crippen molar-refractivity contribution in [2.24, 2.45) is 0 Å². The quantitative estimate of drug-likeness (QED) is 0.873. The lowest BCUT2D eigenvalue weighted by atomic mass is 10.2. The van der Waals surface area contributed by atoms with Crippen molar-refractivity contribution in [3.8, 4) is 0 Å². The molecule has 0 bridgehead atoms. The third kappa shape index (κ3) is 4.21. The van der Waals surface area contributed by atoms with Crippen LogP contribution in [0.15, 0.2) is 22.7 Å². The van der Waals surface area contributed by atoms with Crippen LogP contribution in [0.25, 0.3) is 0 Å². The Kier molecular flexibility index (Phi) is 5.78.